The van der Waals surface area contributed by atoms with Crippen LogP contribution in [0.25, 0.3) is 6.08 Å². The van der Waals surface area contributed by atoms with Gasteiger partial charge in [0.25, 0.3) is 0 Å². The number of halogens is 3. The molecule has 2 nitrogen and oxygen atoms in total. The summed E-state index contributed by atoms with van der Waals surface area (Å²) >= 11 is 11.3. The van der Waals surface area contributed by atoms with Gasteiger partial charge < -0.3 is 4.74 Å². The second kappa shape index (κ2) is 5.87. The van der Waals surface area contributed by atoms with E-state index in [-0.39, 0.29) is 16.7 Å². The first-order valence-corrected chi connectivity index (χ1v) is 5.29. The van der Waals surface area contributed by atoms with Crippen LogP contribution in [0.2, 0.25) is 10.0 Å². The van der Waals surface area contributed by atoms with Crippen molar-refractivity contribution in [2.75, 3.05) is 6.61 Å². The molecular formula is C11H9Cl2FO2. The van der Waals surface area contributed by atoms with Gasteiger partial charge in [0, 0.05) is 11.1 Å². The molecule has 0 N–H and O–H groups in total. The van der Waals surface area contributed by atoms with E-state index in [2.05, 4.69) is 4.74 Å². The molecule has 1 aromatic rings. The number of esters is 1. The highest BCUT2D eigenvalue weighted by Gasteiger charge is 2.05. The van der Waals surface area contributed by atoms with Crippen molar-refractivity contribution < 1.29 is 13.9 Å². The van der Waals surface area contributed by atoms with E-state index in [1.807, 2.05) is 0 Å². The SMILES string of the molecule is CCOC(=O)C=Cc1cc(F)c(Cl)cc1Cl. The summed E-state index contributed by atoms with van der Waals surface area (Å²) in [5.74, 6) is -1.09. The Labute approximate surface area is 103 Å². The van der Waals surface area contributed by atoms with Gasteiger partial charge in [-0.1, -0.05) is 23.2 Å². The van der Waals surface area contributed by atoms with E-state index in [4.69, 9.17) is 23.2 Å². The van der Waals surface area contributed by atoms with Crippen molar-refractivity contribution in [1.29, 1.82) is 0 Å². The molecule has 0 radical (unpaired) electrons. The van der Waals surface area contributed by atoms with Gasteiger partial charge in [-0.3, -0.25) is 0 Å². The molecular weight excluding hydrogens is 254 g/mol. The Morgan fingerprint density at radius 1 is 1.44 bits per heavy atom. The molecule has 0 fully saturated rings. The quantitative estimate of drug-likeness (QED) is 0.472. The van der Waals surface area contributed by atoms with Gasteiger partial charge in [-0.05, 0) is 30.7 Å². The molecule has 0 aliphatic rings. The predicted molar refractivity (Wildman–Crippen MR) is 62.1 cm³/mol. The molecule has 5 heteroatoms. The summed E-state index contributed by atoms with van der Waals surface area (Å²) in [7, 11) is 0. The van der Waals surface area contributed by atoms with Crippen LogP contribution in [-0.2, 0) is 9.53 Å². The zero-order chi connectivity index (χ0) is 12.1. The summed E-state index contributed by atoms with van der Waals surface area (Å²) in [5.41, 5.74) is 0.372. The average molecular weight is 263 g/mol. The summed E-state index contributed by atoms with van der Waals surface area (Å²) in [4.78, 5) is 11.0. The molecule has 1 rings (SSSR count). The molecule has 86 valence electrons. The maximum Gasteiger partial charge on any atom is 0.330 e. The maximum absolute atomic E-state index is 13.1. The lowest BCUT2D eigenvalue weighted by Crippen LogP contribution is -1.98. The molecule has 0 unspecified atom stereocenters. The average Bonchev–Trinajstić information content (AvgIpc) is 2.22. The lowest BCUT2D eigenvalue weighted by molar-refractivity contribution is -0.137. The van der Waals surface area contributed by atoms with Gasteiger partial charge >= 0.3 is 5.97 Å². The second-order valence-corrected chi connectivity index (χ2v) is 3.69. The van der Waals surface area contributed by atoms with E-state index in [1.54, 1.807) is 6.92 Å². The van der Waals surface area contributed by atoms with Gasteiger partial charge in [-0.2, -0.15) is 0 Å². The summed E-state index contributed by atoms with van der Waals surface area (Å²) < 4.78 is 17.8. The lowest BCUT2D eigenvalue weighted by atomic mass is 10.2. The zero-order valence-electron chi connectivity index (χ0n) is 8.47. The maximum atomic E-state index is 13.1. The van der Waals surface area contributed by atoms with Crippen LogP contribution in [0.15, 0.2) is 18.2 Å². The minimum Gasteiger partial charge on any atom is -0.463 e. The van der Waals surface area contributed by atoms with Crippen LogP contribution in [0.1, 0.15) is 12.5 Å². The molecule has 0 heterocycles. The van der Waals surface area contributed by atoms with Crippen molar-refractivity contribution in [2.24, 2.45) is 0 Å². The predicted octanol–water partition coefficient (Wildman–Crippen LogP) is 3.71. The molecule has 0 spiro atoms. The monoisotopic (exact) mass is 262 g/mol. The molecule has 0 amide bonds. The van der Waals surface area contributed by atoms with Crippen molar-refractivity contribution >= 4 is 35.2 Å². The Bertz CT molecular complexity index is 430. The van der Waals surface area contributed by atoms with Crippen molar-refractivity contribution in [1.82, 2.24) is 0 Å². The highest BCUT2D eigenvalue weighted by molar-refractivity contribution is 6.35. The number of hydrogen-bond acceptors (Lipinski definition) is 2. The second-order valence-electron chi connectivity index (χ2n) is 2.87. The van der Waals surface area contributed by atoms with Crippen LogP contribution in [0.3, 0.4) is 0 Å². The van der Waals surface area contributed by atoms with Crippen molar-refractivity contribution in [3.8, 4) is 0 Å². The van der Waals surface area contributed by atoms with Crippen LogP contribution in [-0.4, -0.2) is 12.6 Å². The summed E-state index contributed by atoms with van der Waals surface area (Å²) in [6.45, 7) is 1.98. The summed E-state index contributed by atoms with van der Waals surface area (Å²) in [6.07, 6.45) is 2.55. The molecule has 0 bridgehead atoms. The van der Waals surface area contributed by atoms with Crippen molar-refractivity contribution in [3.63, 3.8) is 0 Å². The summed E-state index contributed by atoms with van der Waals surface area (Å²) in [5, 5.41) is 0.213. The van der Waals surface area contributed by atoms with Gasteiger partial charge in [0.1, 0.15) is 5.82 Å². The van der Waals surface area contributed by atoms with E-state index in [0.717, 1.165) is 6.07 Å². The van der Waals surface area contributed by atoms with Gasteiger partial charge in [-0.25, -0.2) is 9.18 Å². The first-order chi connectivity index (χ1) is 7.54. The van der Waals surface area contributed by atoms with Crippen molar-refractivity contribution in [3.05, 3.63) is 39.6 Å². The number of carbonyl (C=O) groups is 1. The number of ether oxygens (including phenoxy) is 1. The molecule has 0 atom stereocenters. The normalized spacial score (nSPS) is 10.8. The van der Waals surface area contributed by atoms with Crippen LogP contribution in [0, 0.1) is 5.82 Å². The number of rotatable bonds is 3. The fourth-order valence-electron chi connectivity index (χ4n) is 1.01. The van der Waals surface area contributed by atoms with E-state index < -0.39 is 11.8 Å². The highest BCUT2D eigenvalue weighted by Crippen LogP contribution is 2.25. The third-order valence-corrected chi connectivity index (χ3v) is 2.34. The van der Waals surface area contributed by atoms with E-state index in [1.165, 1.54) is 18.2 Å². The first kappa shape index (κ1) is 13.0. The number of hydrogen-bond donors (Lipinski definition) is 0. The smallest absolute Gasteiger partial charge is 0.330 e. The molecule has 0 aliphatic carbocycles. The third kappa shape index (κ3) is 3.51. The van der Waals surface area contributed by atoms with Crippen LogP contribution in [0.4, 0.5) is 4.39 Å². The van der Waals surface area contributed by atoms with Crippen LogP contribution >= 0.6 is 23.2 Å². The van der Waals surface area contributed by atoms with Gasteiger partial charge in [0.15, 0.2) is 0 Å². The molecule has 0 saturated carbocycles. The van der Waals surface area contributed by atoms with Gasteiger partial charge in [0.05, 0.1) is 11.6 Å². The molecule has 16 heavy (non-hydrogen) atoms. The standard InChI is InChI=1S/C11H9Cl2FO2/c1-2-16-11(15)4-3-7-5-10(14)9(13)6-8(7)12/h3-6H,2H2,1H3. The fourth-order valence-corrected chi connectivity index (χ4v) is 1.46. The zero-order valence-corrected chi connectivity index (χ0v) is 9.98. The molecule has 0 aromatic heterocycles. The largest absolute Gasteiger partial charge is 0.463 e. The molecule has 1 aromatic carbocycles. The minimum absolute atomic E-state index is 0.0571. The van der Waals surface area contributed by atoms with Gasteiger partial charge in [0.2, 0.25) is 0 Å². The minimum atomic E-state index is -0.588. The third-order valence-electron chi connectivity index (χ3n) is 1.73. The highest BCUT2D eigenvalue weighted by atomic mass is 35.5. The summed E-state index contributed by atoms with van der Waals surface area (Å²) in [6, 6.07) is 2.43. The Hall–Kier alpha value is -1.06. The molecule has 0 saturated heterocycles. The van der Waals surface area contributed by atoms with Crippen LogP contribution < -0.4 is 0 Å². The van der Waals surface area contributed by atoms with E-state index in [9.17, 15) is 9.18 Å². The molecule has 0 aliphatic heterocycles. The van der Waals surface area contributed by atoms with E-state index in [0.29, 0.717) is 5.56 Å². The van der Waals surface area contributed by atoms with E-state index >= 15 is 0 Å². The van der Waals surface area contributed by atoms with Gasteiger partial charge in [-0.15, -0.1) is 0 Å². The Morgan fingerprint density at radius 3 is 2.75 bits per heavy atom. The Balaban J connectivity index is 2.89. The Morgan fingerprint density at radius 2 is 2.12 bits per heavy atom. The Kier molecular flexibility index (Phi) is 4.77. The number of carbonyl (C=O) groups excluding carboxylic acids is 1. The van der Waals surface area contributed by atoms with Crippen LogP contribution in [0.5, 0.6) is 0 Å². The first-order valence-electron chi connectivity index (χ1n) is 4.54. The number of benzene rings is 1. The van der Waals surface area contributed by atoms with Crippen molar-refractivity contribution in [2.45, 2.75) is 6.92 Å². The topological polar surface area (TPSA) is 26.3 Å². The fraction of sp³-hybridized carbons (Fsp3) is 0.182. The lowest BCUT2D eigenvalue weighted by Gasteiger charge is -2.00.